The molecule has 7 aromatic rings. The Labute approximate surface area is 300 Å². The lowest BCUT2D eigenvalue weighted by Crippen LogP contribution is -2.68. The van der Waals surface area contributed by atoms with Gasteiger partial charge in [0.15, 0.2) is 0 Å². The Morgan fingerprint density at radius 2 is 1.18 bits per heavy atom. The zero-order chi connectivity index (χ0) is 34.8. The molecule has 1 aliphatic rings. The zero-order valence-electron chi connectivity index (χ0n) is 26.2. The van der Waals surface area contributed by atoms with Crippen LogP contribution in [0.25, 0.3) is 50.3 Å². The molecule has 50 heavy (non-hydrogen) atoms. The molecule has 1 aromatic heterocycles. The predicted molar refractivity (Wildman–Crippen MR) is 192 cm³/mol. The first-order chi connectivity index (χ1) is 24.2. The van der Waals surface area contributed by atoms with Gasteiger partial charge in [-0.2, -0.15) is 4.57 Å². The molecule has 9 heteroatoms. The Balaban J connectivity index is 0.000000734. The molecular weight excluding hydrogens is 691 g/mol. The van der Waals surface area contributed by atoms with E-state index in [2.05, 4.69) is 137 Å². The monoisotopic (exact) mass is 716 g/mol. The average molecular weight is 718 g/mol. The van der Waals surface area contributed by atoms with E-state index in [-0.39, 0.29) is 0 Å². The summed E-state index contributed by atoms with van der Waals surface area (Å²) in [6.45, 7) is 0. The summed E-state index contributed by atoms with van der Waals surface area (Å²) >= 11 is 13.6. The van der Waals surface area contributed by atoms with Crippen molar-refractivity contribution in [1.82, 2.24) is 0 Å². The minimum absolute atomic E-state index is 0.695. The van der Waals surface area contributed by atoms with Crippen LogP contribution in [0.15, 0.2) is 157 Å². The van der Waals surface area contributed by atoms with Crippen LogP contribution in [0.1, 0.15) is 11.3 Å². The molecule has 1 aliphatic heterocycles. The number of anilines is 2. The highest BCUT2D eigenvalue weighted by atomic mass is 35.7. The molecular formula is C41H27Cl3N2O4. The first kappa shape index (κ1) is 33.5. The Bertz CT molecular complexity index is 2480. The molecule has 0 radical (unpaired) electrons. The highest BCUT2D eigenvalue weighted by molar-refractivity contribution is 6.33. The minimum atomic E-state index is -4.94. The lowest BCUT2D eigenvalue weighted by molar-refractivity contribution is -2.00. The quantitative estimate of drug-likeness (QED) is 0.149. The Hall–Kier alpha value is -5.02. The van der Waals surface area contributed by atoms with E-state index in [0.29, 0.717) is 10.0 Å². The molecule has 0 aliphatic carbocycles. The largest absolute Gasteiger partial charge is 0.308 e. The van der Waals surface area contributed by atoms with E-state index in [1.807, 2.05) is 36.4 Å². The molecule has 0 spiro atoms. The molecule has 6 aromatic carbocycles. The summed E-state index contributed by atoms with van der Waals surface area (Å²) < 4.78 is 36.2. The average Bonchev–Trinajstić information content (AvgIpc) is 3.11. The third kappa shape index (κ3) is 6.87. The molecule has 0 amide bonds. The van der Waals surface area contributed by atoms with Gasteiger partial charge in [0.1, 0.15) is 5.02 Å². The van der Waals surface area contributed by atoms with Gasteiger partial charge in [0.2, 0.25) is 16.9 Å². The molecule has 0 N–H and O–H groups in total. The third-order valence-electron chi connectivity index (χ3n) is 8.46. The van der Waals surface area contributed by atoms with Gasteiger partial charge in [0, 0.05) is 35.5 Å². The first-order valence-corrected chi connectivity index (χ1v) is 17.5. The van der Waals surface area contributed by atoms with Gasteiger partial charge < -0.3 is 4.90 Å². The van der Waals surface area contributed by atoms with Crippen molar-refractivity contribution in [2.45, 2.75) is 0 Å². The second-order valence-corrected chi connectivity index (χ2v) is 13.0. The summed E-state index contributed by atoms with van der Waals surface area (Å²) in [6, 6.07) is 46.1. The third-order valence-corrected chi connectivity index (χ3v) is 9.09. The van der Waals surface area contributed by atoms with E-state index in [4.69, 9.17) is 41.8 Å². The predicted octanol–water partition coefficient (Wildman–Crippen LogP) is 6.74. The van der Waals surface area contributed by atoms with Crippen molar-refractivity contribution in [3.05, 3.63) is 179 Å². The van der Waals surface area contributed by atoms with Gasteiger partial charge in [-0.15, -0.1) is 10.2 Å². The zero-order valence-corrected chi connectivity index (χ0v) is 28.5. The number of allylic oxidation sites excluding steroid dienone is 3. The maximum atomic E-state index is 8.49. The molecule has 2 heterocycles. The van der Waals surface area contributed by atoms with Crippen molar-refractivity contribution in [3.8, 4) is 5.69 Å². The maximum Gasteiger partial charge on any atom is 0.230 e. The Kier molecular flexibility index (Phi) is 9.42. The molecule has 0 saturated heterocycles. The summed E-state index contributed by atoms with van der Waals surface area (Å²) in [5, 5.41) is 7.40. The fraction of sp³-hybridized carbons (Fsp3) is 0. The van der Waals surface area contributed by atoms with E-state index in [0.717, 1.165) is 34.0 Å². The number of para-hydroxylation sites is 2. The molecule has 6 nitrogen and oxygen atoms in total. The van der Waals surface area contributed by atoms with Gasteiger partial charge in [-0.1, -0.05) is 114 Å². The fourth-order valence-electron chi connectivity index (χ4n) is 6.38. The second kappa shape index (κ2) is 14.1. The number of hydrogen-bond donors (Lipinski definition) is 0. The van der Waals surface area contributed by atoms with Gasteiger partial charge in [-0.3, -0.25) is 0 Å². The summed E-state index contributed by atoms with van der Waals surface area (Å²) in [6.07, 6.45) is 10.7. The van der Waals surface area contributed by atoms with Crippen LogP contribution < -0.4 is 28.1 Å². The molecule has 8 rings (SSSR count). The highest BCUT2D eigenvalue weighted by Crippen LogP contribution is 2.43. The van der Waals surface area contributed by atoms with Crippen molar-refractivity contribution >= 4 is 79.2 Å². The first-order valence-electron chi connectivity index (χ1n) is 15.5. The van der Waals surface area contributed by atoms with Crippen molar-refractivity contribution in [2.24, 2.45) is 0 Å². The van der Waals surface area contributed by atoms with Crippen LogP contribution in [-0.4, -0.2) is 0 Å². The molecule has 0 fully saturated rings. The smallest absolute Gasteiger partial charge is 0.230 e. The van der Waals surface area contributed by atoms with Crippen molar-refractivity contribution < 1.29 is 33.4 Å². The number of pyridine rings is 1. The number of fused-ring (bicyclic) bond motifs is 6. The molecule has 0 unspecified atom stereocenters. The normalized spacial score (nSPS) is 13.6. The van der Waals surface area contributed by atoms with Crippen LogP contribution >= 0.6 is 23.2 Å². The van der Waals surface area contributed by atoms with Crippen LogP contribution in [0, 0.1) is 10.2 Å². The van der Waals surface area contributed by atoms with Gasteiger partial charge >= 0.3 is 0 Å². The summed E-state index contributed by atoms with van der Waals surface area (Å²) in [5.41, 5.74) is 7.25. The maximum absolute atomic E-state index is 8.49. The molecule has 0 bridgehead atoms. The van der Waals surface area contributed by atoms with Crippen LogP contribution in [0.4, 0.5) is 11.4 Å². The number of halogens is 3. The number of benzene rings is 6. The number of rotatable bonds is 4. The van der Waals surface area contributed by atoms with Gasteiger partial charge in [-0.25, -0.2) is 18.6 Å². The SMILES string of the molecule is Clc1ccccc1N1C(=CC=Cc2ccc3c4ccccc4ccc3[n+]2-c2ccccc2Cl)C=Cc2c1ccc1ccccc21.[O-][Cl+3]([O-])([O-])[O-]. The fourth-order valence-corrected chi connectivity index (χ4v) is 6.82. The summed E-state index contributed by atoms with van der Waals surface area (Å²) in [7, 11) is -4.94. The number of nitrogens with zero attached hydrogens (tertiary/aromatic N) is 2. The lowest BCUT2D eigenvalue weighted by Gasteiger charge is -2.32. The summed E-state index contributed by atoms with van der Waals surface area (Å²) in [4.78, 5) is 2.24. The van der Waals surface area contributed by atoms with E-state index >= 15 is 0 Å². The Morgan fingerprint density at radius 3 is 1.92 bits per heavy atom. The van der Waals surface area contributed by atoms with Crippen molar-refractivity contribution in [3.63, 3.8) is 0 Å². The van der Waals surface area contributed by atoms with Gasteiger partial charge in [-0.05, 0) is 70.1 Å². The molecule has 0 saturated carbocycles. The highest BCUT2D eigenvalue weighted by Gasteiger charge is 2.23. The van der Waals surface area contributed by atoms with Crippen LogP contribution in [0.5, 0.6) is 0 Å². The van der Waals surface area contributed by atoms with Crippen LogP contribution in [-0.2, 0) is 0 Å². The number of aromatic nitrogens is 1. The minimum Gasteiger partial charge on any atom is -0.308 e. The molecule has 0 atom stereocenters. The van der Waals surface area contributed by atoms with E-state index in [9.17, 15) is 0 Å². The topological polar surface area (TPSA) is 99.4 Å². The van der Waals surface area contributed by atoms with Crippen molar-refractivity contribution in [1.29, 1.82) is 0 Å². The molecule has 246 valence electrons. The van der Waals surface area contributed by atoms with Gasteiger partial charge in [0.05, 0.1) is 21.8 Å². The van der Waals surface area contributed by atoms with Gasteiger partial charge in [0.25, 0.3) is 0 Å². The van der Waals surface area contributed by atoms with E-state index in [1.165, 1.54) is 32.5 Å². The summed E-state index contributed by atoms with van der Waals surface area (Å²) in [5.74, 6) is 0. The standard InChI is InChI=1S/C41H27Cl2N2.ClHO4/c42-36-16-5-7-18-40(36)44-30(22-24-34-32-14-3-1-10-28(32)20-26-38(34)44)12-9-13-31-23-25-35-33-15-4-2-11-29(33)21-27-39(35)45(31)41-19-8-6-17-37(41)43;2-1(3,4)5/h1-27H;(H,2,3,4,5)/q+1;/p-1. The van der Waals surface area contributed by atoms with Crippen LogP contribution in [0.3, 0.4) is 0 Å². The Morgan fingerprint density at radius 1 is 0.560 bits per heavy atom. The van der Waals surface area contributed by atoms with E-state index in [1.54, 1.807) is 0 Å². The van der Waals surface area contributed by atoms with E-state index < -0.39 is 10.2 Å². The lowest BCUT2D eigenvalue weighted by atomic mass is 9.97. The van der Waals surface area contributed by atoms with Crippen molar-refractivity contribution in [2.75, 3.05) is 4.90 Å². The number of hydrogen-bond acceptors (Lipinski definition) is 5. The van der Waals surface area contributed by atoms with Crippen LogP contribution in [0.2, 0.25) is 10.0 Å². The second-order valence-electron chi connectivity index (χ2n) is 11.4.